The maximum atomic E-state index is 13.8. The lowest BCUT2D eigenvalue weighted by atomic mass is 9.75. The second-order valence-electron chi connectivity index (χ2n) is 6.48. The maximum absolute atomic E-state index is 13.8. The molecule has 0 aliphatic heterocycles. The molecular weight excluding hydrogens is 253 g/mol. The van der Waals surface area contributed by atoms with E-state index < -0.39 is 0 Å². The van der Waals surface area contributed by atoms with Gasteiger partial charge in [0.25, 0.3) is 0 Å². The number of ether oxygens (including phenoxy) is 1. The largest absolute Gasteiger partial charge is 0.398 e. The third-order valence-corrected chi connectivity index (χ3v) is 4.56. The SMILES string of the molecule is CC1CCC(C(C)C)C(OCc2c(N)cccc2F)C1. The number of hydrogen-bond donors (Lipinski definition) is 1. The minimum atomic E-state index is -0.269. The Morgan fingerprint density at radius 3 is 2.75 bits per heavy atom. The van der Waals surface area contributed by atoms with Gasteiger partial charge in [-0.3, -0.25) is 0 Å². The molecule has 1 aromatic rings. The lowest BCUT2D eigenvalue weighted by Gasteiger charge is -2.37. The molecule has 1 aliphatic carbocycles. The number of benzene rings is 1. The highest BCUT2D eigenvalue weighted by Crippen LogP contribution is 2.36. The molecule has 1 aliphatic rings. The number of nitrogens with two attached hydrogens (primary N) is 1. The van der Waals surface area contributed by atoms with Crippen molar-refractivity contribution < 1.29 is 9.13 Å². The summed E-state index contributed by atoms with van der Waals surface area (Å²) in [5.74, 6) is 1.59. The molecule has 0 heterocycles. The Kier molecular flexibility index (Phi) is 5.03. The van der Waals surface area contributed by atoms with Crippen molar-refractivity contribution in [1.29, 1.82) is 0 Å². The Balaban J connectivity index is 2.04. The number of anilines is 1. The van der Waals surface area contributed by atoms with E-state index in [4.69, 9.17) is 10.5 Å². The van der Waals surface area contributed by atoms with Gasteiger partial charge in [0, 0.05) is 11.3 Å². The fraction of sp³-hybridized carbons (Fsp3) is 0.647. The Morgan fingerprint density at radius 1 is 1.35 bits per heavy atom. The molecule has 2 rings (SSSR count). The monoisotopic (exact) mass is 279 g/mol. The summed E-state index contributed by atoms with van der Waals surface area (Å²) >= 11 is 0. The zero-order valence-electron chi connectivity index (χ0n) is 12.7. The highest BCUT2D eigenvalue weighted by Gasteiger charge is 2.31. The van der Waals surface area contributed by atoms with Gasteiger partial charge in [-0.1, -0.05) is 33.3 Å². The number of nitrogen functional groups attached to an aromatic ring is 1. The Morgan fingerprint density at radius 2 is 2.10 bits per heavy atom. The molecule has 1 fully saturated rings. The molecule has 0 bridgehead atoms. The van der Waals surface area contributed by atoms with Crippen molar-refractivity contribution in [3.63, 3.8) is 0 Å². The van der Waals surface area contributed by atoms with Crippen molar-refractivity contribution in [3.05, 3.63) is 29.6 Å². The molecule has 2 N–H and O–H groups in total. The molecule has 3 atom stereocenters. The van der Waals surface area contributed by atoms with Crippen molar-refractivity contribution in [1.82, 2.24) is 0 Å². The summed E-state index contributed by atoms with van der Waals surface area (Å²) in [7, 11) is 0. The first kappa shape index (κ1) is 15.3. The van der Waals surface area contributed by atoms with Crippen LogP contribution in [0.2, 0.25) is 0 Å². The van der Waals surface area contributed by atoms with E-state index in [0.29, 0.717) is 29.0 Å². The van der Waals surface area contributed by atoms with Gasteiger partial charge >= 0.3 is 0 Å². The van der Waals surface area contributed by atoms with Crippen LogP contribution in [0.1, 0.15) is 45.6 Å². The minimum absolute atomic E-state index is 0.220. The maximum Gasteiger partial charge on any atom is 0.130 e. The van der Waals surface area contributed by atoms with Crippen molar-refractivity contribution >= 4 is 5.69 Å². The zero-order chi connectivity index (χ0) is 14.7. The molecule has 3 unspecified atom stereocenters. The van der Waals surface area contributed by atoms with Crippen LogP contribution in [0.5, 0.6) is 0 Å². The second kappa shape index (κ2) is 6.57. The van der Waals surface area contributed by atoms with Crippen LogP contribution in [0.3, 0.4) is 0 Å². The van der Waals surface area contributed by atoms with Gasteiger partial charge in [0.05, 0.1) is 12.7 Å². The van der Waals surface area contributed by atoms with E-state index in [9.17, 15) is 4.39 Å². The van der Waals surface area contributed by atoms with Crippen LogP contribution in [-0.4, -0.2) is 6.10 Å². The predicted octanol–water partition coefficient (Wildman–Crippen LogP) is 4.39. The summed E-state index contributed by atoms with van der Waals surface area (Å²) in [4.78, 5) is 0. The van der Waals surface area contributed by atoms with Crippen molar-refractivity contribution in [3.8, 4) is 0 Å². The summed E-state index contributed by atoms with van der Waals surface area (Å²) in [5, 5.41) is 0. The van der Waals surface area contributed by atoms with Gasteiger partial charge < -0.3 is 10.5 Å². The summed E-state index contributed by atoms with van der Waals surface area (Å²) < 4.78 is 19.8. The van der Waals surface area contributed by atoms with Crippen LogP contribution in [0.4, 0.5) is 10.1 Å². The fourth-order valence-electron chi connectivity index (χ4n) is 3.22. The van der Waals surface area contributed by atoms with Crippen molar-refractivity contribution in [2.24, 2.45) is 17.8 Å². The molecule has 0 radical (unpaired) electrons. The highest BCUT2D eigenvalue weighted by molar-refractivity contribution is 5.46. The molecule has 1 aromatic carbocycles. The molecule has 0 aromatic heterocycles. The highest BCUT2D eigenvalue weighted by atomic mass is 19.1. The molecule has 2 nitrogen and oxygen atoms in total. The van der Waals surface area contributed by atoms with Gasteiger partial charge in [-0.25, -0.2) is 4.39 Å². The summed E-state index contributed by atoms with van der Waals surface area (Å²) in [6.07, 6.45) is 3.76. The molecule has 20 heavy (non-hydrogen) atoms. The standard InChI is InChI=1S/C17H26FNO/c1-11(2)13-8-7-12(3)9-17(13)20-10-14-15(18)5-4-6-16(14)19/h4-6,11-13,17H,7-10,19H2,1-3H3. The van der Waals surface area contributed by atoms with Crippen LogP contribution >= 0.6 is 0 Å². The molecule has 112 valence electrons. The van der Waals surface area contributed by atoms with E-state index in [1.165, 1.54) is 18.9 Å². The fourth-order valence-corrected chi connectivity index (χ4v) is 3.22. The molecule has 3 heteroatoms. The summed E-state index contributed by atoms with van der Waals surface area (Å²) in [6, 6.07) is 4.80. The van der Waals surface area contributed by atoms with Crippen LogP contribution in [-0.2, 0) is 11.3 Å². The second-order valence-corrected chi connectivity index (χ2v) is 6.48. The van der Waals surface area contributed by atoms with Gasteiger partial charge in [-0.2, -0.15) is 0 Å². The van der Waals surface area contributed by atoms with Crippen LogP contribution in [0, 0.1) is 23.6 Å². The lowest BCUT2D eigenvalue weighted by Crippen LogP contribution is -2.34. The number of hydrogen-bond acceptors (Lipinski definition) is 2. The molecular formula is C17H26FNO. The molecule has 0 saturated heterocycles. The molecule has 1 saturated carbocycles. The van der Waals surface area contributed by atoms with Gasteiger partial charge in [-0.15, -0.1) is 0 Å². The van der Waals surface area contributed by atoms with Crippen molar-refractivity contribution in [2.45, 2.75) is 52.7 Å². The number of rotatable bonds is 4. The third kappa shape index (κ3) is 3.51. The van der Waals surface area contributed by atoms with E-state index in [2.05, 4.69) is 20.8 Å². The Bertz CT molecular complexity index is 426. The van der Waals surface area contributed by atoms with Crippen LogP contribution in [0.15, 0.2) is 18.2 Å². The average Bonchev–Trinajstić information content (AvgIpc) is 2.37. The third-order valence-electron chi connectivity index (χ3n) is 4.56. The van der Waals surface area contributed by atoms with Crippen LogP contribution < -0.4 is 5.73 Å². The number of halogens is 1. The normalized spacial score (nSPS) is 26.9. The first-order valence-corrected chi connectivity index (χ1v) is 7.63. The van der Waals surface area contributed by atoms with E-state index in [0.717, 1.165) is 6.42 Å². The minimum Gasteiger partial charge on any atom is -0.398 e. The summed E-state index contributed by atoms with van der Waals surface area (Å²) in [5.41, 5.74) is 6.81. The Hall–Kier alpha value is -1.09. The zero-order valence-corrected chi connectivity index (χ0v) is 12.7. The molecule has 0 spiro atoms. The van der Waals surface area contributed by atoms with E-state index in [1.54, 1.807) is 12.1 Å². The summed E-state index contributed by atoms with van der Waals surface area (Å²) in [6.45, 7) is 7.03. The van der Waals surface area contributed by atoms with Gasteiger partial charge in [0.1, 0.15) is 5.82 Å². The van der Waals surface area contributed by atoms with E-state index in [1.807, 2.05) is 0 Å². The van der Waals surface area contributed by atoms with E-state index >= 15 is 0 Å². The van der Waals surface area contributed by atoms with E-state index in [-0.39, 0.29) is 18.5 Å². The lowest BCUT2D eigenvalue weighted by molar-refractivity contribution is -0.0478. The predicted molar refractivity (Wildman–Crippen MR) is 80.7 cm³/mol. The van der Waals surface area contributed by atoms with Gasteiger partial charge in [-0.05, 0) is 42.7 Å². The van der Waals surface area contributed by atoms with Crippen LogP contribution in [0.25, 0.3) is 0 Å². The van der Waals surface area contributed by atoms with Crippen molar-refractivity contribution in [2.75, 3.05) is 5.73 Å². The topological polar surface area (TPSA) is 35.2 Å². The Labute approximate surface area is 121 Å². The van der Waals surface area contributed by atoms with Gasteiger partial charge in [0.2, 0.25) is 0 Å². The average molecular weight is 279 g/mol. The first-order valence-electron chi connectivity index (χ1n) is 7.63. The molecule has 0 amide bonds. The quantitative estimate of drug-likeness (QED) is 0.830. The smallest absolute Gasteiger partial charge is 0.130 e. The first-order chi connectivity index (χ1) is 9.49. The van der Waals surface area contributed by atoms with Gasteiger partial charge in [0.15, 0.2) is 0 Å².